The van der Waals surface area contributed by atoms with Crippen molar-refractivity contribution in [2.24, 2.45) is 15.8 Å². The smallest absolute Gasteiger partial charge is 0.191 e. The highest BCUT2D eigenvalue weighted by Gasteiger charge is 2.55. The Morgan fingerprint density at radius 1 is 1.20 bits per heavy atom. The van der Waals surface area contributed by atoms with Crippen molar-refractivity contribution in [1.29, 1.82) is 0 Å². The number of hydrogen-bond acceptors (Lipinski definition) is 3. The van der Waals surface area contributed by atoms with Crippen LogP contribution in [0.5, 0.6) is 0 Å². The van der Waals surface area contributed by atoms with E-state index in [1.807, 2.05) is 0 Å². The summed E-state index contributed by atoms with van der Waals surface area (Å²) in [6.45, 7) is 10.7. The van der Waals surface area contributed by atoms with Crippen molar-refractivity contribution in [3.63, 3.8) is 0 Å². The normalized spacial score (nSPS) is 30.0. The van der Waals surface area contributed by atoms with Crippen LogP contribution < -0.4 is 10.6 Å². The minimum Gasteiger partial charge on any atom is -0.380 e. The predicted octanol–water partition coefficient (Wildman–Crippen LogP) is 3.32. The molecule has 0 aromatic carbocycles. The van der Waals surface area contributed by atoms with Crippen molar-refractivity contribution in [3.8, 4) is 0 Å². The summed E-state index contributed by atoms with van der Waals surface area (Å²) in [5.41, 5.74) is 0.548. The van der Waals surface area contributed by atoms with Gasteiger partial charge in [0.05, 0.1) is 25.9 Å². The second-order valence-corrected chi connectivity index (χ2v) is 8.17. The third-order valence-corrected chi connectivity index (χ3v) is 6.11. The first-order valence-corrected chi connectivity index (χ1v) is 9.86. The van der Waals surface area contributed by atoms with Crippen molar-refractivity contribution < 1.29 is 9.47 Å². The van der Waals surface area contributed by atoms with Crippen molar-refractivity contribution >= 4 is 29.9 Å². The number of nitrogens with one attached hydrogen (secondary N) is 2. The molecule has 1 spiro atoms. The van der Waals surface area contributed by atoms with E-state index < -0.39 is 0 Å². The summed E-state index contributed by atoms with van der Waals surface area (Å²) in [7, 11) is 0. The monoisotopic (exact) mass is 465 g/mol. The van der Waals surface area contributed by atoms with Gasteiger partial charge in [0.1, 0.15) is 0 Å². The fourth-order valence-electron chi connectivity index (χ4n) is 4.56. The number of halogens is 1. The molecule has 0 aromatic rings. The van der Waals surface area contributed by atoms with Crippen LogP contribution in [0, 0.1) is 10.8 Å². The Morgan fingerprint density at radius 2 is 1.92 bits per heavy atom. The number of hydrogen-bond donors (Lipinski definition) is 2. The third kappa shape index (κ3) is 4.61. The maximum absolute atomic E-state index is 6.07. The lowest BCUT2D eigenvalue weighted by Crippen LogP contribution is -2.66. The first kappa shape index (κ1) is 21.2. The fourth-order valence-corrected chi connectivity index (χ4v) is 4.56. The van der Waals surface area contributed by atoms with E-state index in [4.69, 9.17) is 14.5 Å². The summed E-state index contributed by atoms with van der Waals surface area (Å²) >= 11 is 0. The van der Waals surface area contributed by atoms with Gasteiger partial charge in [-0.2, -0.15) is 0 Å². The van der Waals surface area contributed by atoms with Gasteiger partial charge in [-0.05, 0) is 33.1 Å². The molecular formula is C19H36IN3O2. The molecule has 0 aromatic heterocycles. The molecule has 2 unspecified atom stereocenters. The molecule has 3 fully saturated rings. The fraction of sp³-hybridized carbons (Fsp3) is 0.947. The van der Waals surface area contributed by atoms with E-state index in [2.05, 4.69) is 31.4 Å². The number of rotatable bonds is 6. The molecule has 3 rings (SSSR count). The van der Waals surface area contributed by atoms with Crippen LogP contribution in [-0.4, -0.2) is 51.0 Å². The van der Waals surface area contributed by atoms with Crippen molar-refractivity contribution in [1.82, 2.24) is 10.6 Å². The van der Waals surface area contributed by atoms with Gasteiger partial charge in [0, 0.05) is 30.0 Å². The maximum atomic E-state index is 6.07. The Morgan fingerprint density at radius 3 is 2.48 bits per heavy atom. The second-order valence-electron chi connectivity index (χ2n) is 8.17. The van der Waals surface area contributed by atoms with Gasteiger partial charge in [-0.25, -0.2) is 0 Å². The molecule has 1 saturated heterocycles. The molecular weight excluding hydrogens is 429 g/mol. The van der Waals surface area contributed by atoms with Gasteiger partial charge < -0.3 is 20.1 Å². The molecule has 2 N–H and O–H groups in total. The van der Waals surface area contributed by atoms with Gasteiger partial charge in [-0.15, -0.1) is 24.0 Å². The van der Waals surface area contributed by atoms with Gasteiger partial charge in [-0.3, -0.25) is 4.99 Å². The summed E-state index contributed by atoms with van der Waals surface area (Å²) < 4.78 is 11.4. The number of nitrogens with zero attached hydrogens (tertiary/aromatic N) is 1. The molecule has 6 heteroatoms. The van der Waals surface area contributed by atoms with Gasteiger partial charge in [0.15, 0.2) is 5.96 Å². The SMILES string of the molecule is CCNC(=NCC1(C)COC1)NC1CC(OCC)C12CCCCC2.I. The maximum Gasteiger partial charge on any atom is 0.191 e. The largest absolute Gasteiger partial charge is 0.380 e. The number of guanidine groups is 1. The van der Waals surface area contributed by atoms with E-state index in [0.717, 1.165) is 45.3 Å². The van der Waals surface area contributed by atoms with Crippen LogP contribution in [0.4, 0.5) is 0 Å². The minimum atomic E-state index is 0. The highest BCUT2D eigenvalue weighted by Crippen LogP contribution is 2.53. The molecule has 2 atom stereocenters. The third-order valence-electron chi connectivity index (χ3n) is 6.11. The number of ether oxygens (including phenoxy) is 2. The van der Waals surface area contributed by atoms with Gasteiger partial charge in [0.2, 0.25) is 0 Å². The topological polar surface area (TPSA) is 54.9 Å². The average Bonchev–Trinajstić information content (AvgIpc) is 2.57. The van der Waals surface area contributed by atoms with Crippen molar-refractivity contribution in [3.05, 3.63) is 0 Å². The van der Waals surface area contributed by atoms with Crippen LogP contribution in [0.15, 0.2) is 4.99 Å². The van der Waals surface area contributed by atoms with Gasteiger partial charge in [0.25, 0.3) is 0 Å². The summed E-state index contributed by atoms with van der Waals surface area (Å²) in [6.07, 6.45) is 8.18. The molecule has 2 aliphatic carbocycles. The van der Waals surface area contributed by atoms with Crippen LogP contribution in [0.3, 0.4) is 0 Å². The van der Waals surface area contributed by atoms with Crippen molar-refractivity contribution in [2.75, 3.05) is 32.9 Å². The van der Waals surface area contributed by atoms with Crippen LogP contribution in [0.25, 0.3) is 0 Å². The standard InChI is InChI=1S/C19H35N3O2.HI/c1-4-20-17(21-12-18(3)13-23-14-18)22-15-11-16(24-5-2)19(15)9-7-6-8-10-19;/h15-16H,4-14H2,1-3H3,(H2,20,21,22);1H. The summed E-state index contributed by atoms with van der Waals surface area (Å²) in [5, 5.41) is 7.17. The molecule has 0 bridgehead atoms. The number of aliphatic imine (C=N–C) groups is 1. The Hall–Kier alpha value is -0.0800. The zero-order valence-corrected chi connectivity index (χ0v) is 18.4. The van der Waals surface area contributed by atoms with E-state index >= 15 is 0 Å². The highest BCUT2D eigenvalue weighted by molar-refractivity contribution is 14.0. The van der Waals surface area contributed by atoms with Crippen LogP contribution >= 0.6 is 24.0 Å². The molecule has 25 heavy (non-hydrogen) atoms. The first-order valence-electron chi connectivity index (χ1n) is 9.86. The molecule has 1 heterocycles. The zero-order valence-electron chi connectivity index (χ0n) is 16.1. The van der Waals surface area contributed by atoms with Crippen molar-refractivity contribution in [2.45, 2.75) is 71.4 Å². The zero-order chi connectivity index (χ0) is 17.0. The molecule has 3 aliphatic rings. The summed E-state index contributed by atoms with van der Waals surface area (Å²) in [4.78, 5) is 4.85. The highest BCUT2D eigenvalue weighted by atomic mass is 127. The first-order chi connectivity index (χ1) is 11.6. The molecule has 5 nitrogen and oxygen atoms in total. The summed E-state index contributed by atoms with van der Waals surface area (Å²) in [5.74, 6) is 0.968. The molecule has 2 saturated carbocycles. The molecule has 146 valence electrons. The van der Waals surface area contributed by atoms with E-state index in [9.17, 15) is 0 Å². The Labute approximate surface area is 170 Å². The molecule has 1 aliphatic heterocycles. The van der Waals surface area contributed by atoms with Gasteiger partial charge >= 0.3 is 0 Å². The molecule has 0 amide bonds. The van der Waals surface area contributed by atoms with Crippen LogP contribution in [-0.2, 0) is 9.47 Å². The van der Waals surface area contributed by atoms with E-state index in [0.29, 0.717) is 17.6 Å². The van der Waals surface area contributed by atoms with Gasteiger partial charge in [-0.1, -0.05) is 26.2 Å². The van der Waals surface area contributed by atoms with E-state index in [1.54, 1.807) is 0 Å². The predicted molar refractivity (Wildman–Crippen MR) is 113 cm³/mol. The van der Waals surface area contributed by atoms with E-state index in [1.165, 1.54) is 32.1 Å². The van der Waals surface area contributed by atoms with E-state index in [-0.39, 0.29) is 29.4 Å². The second kappa shape index (κ2) is 9.22. The molecule has 0 radical (unpaired) electrons. The lowest BCUT2D eigenvalue weighted by molar-refractivity contribution is -0.145. The lowest BCUT2D eigenvalue weighted by Gasteiger charge is -2.58. The Balaban J connectivity index is 0.00000225. The van der Waals surface area contributed by atoms with Crippen LogP contribution in [0.2, 0.25) is 0 Å². The van der Waals surface area contributed by atoms with Crippen LogP contribution in [0.1, 0.15) is 59.3 Å². The average molecular weight is 465 g/mol. The Kier molecular flexibility index (Phi) is 7.83. The quantitative estimate of drug-likeness (QED) is 0.359. The Bertz CT molecular complexity index is 448. The summed E-state index contributed by atoms with van der Waals surface area (Å²) in [6, 6.07) is 0.498. The lowest BCUT2D eigenvalue weighted by atomic mass is 9.55. The minimum absolute atomic E-state index is 0.